The Balaban J connectivity index is 3.46. The molecule has 0 unspecified atom stereocenters. The molecule has 0 aromatic rings. The summed E-state index contributed by atoms with van der Waals surface area (Å²) in [7, 11) is 2.08. The third-order valence-corrected chi connectivity index (χ3v) is 16.6. The molecule has 0 bridgehead atoms. The third kappa shape index (κ3) is 4.18. The first kappa shape index (κ1) is 10.3. The minimum atomic E-state index is -0.896. The van der Waals surface area contributed by atoms with E-state index in [-0.39, 0.29) is 0 Å². The fourth-order valence-electron chi connectivity index (χ4n) is 0.0852. The van der Waals surface area contributed by atoms with Crippen LogP contribution in [0.4, 0.5) is 0 Å². The molecule has 0 aromatic carbocycles. The van der Waals surface area contributed by atoms with E-state index in [2.05, 4.69) is 72.4 Å². The Morgan fingerprint density at radius 2 is 1.25 bits per heavy atom. The van der Waals surface area contributed by atoms with Crippen molar-refractivity contribution in [2.45, 2.75) is 0 Å². The van der Waals surface area contributed by atoms with Crippen molar-refractivity contribution in [2.75, 3.05) is 7.05 Å². The van der Waals surface area contributed by atoms with Crippen LogP contribution in [0.25, 0.3) is 0 Å². The first-order valence-electron chi connectivity index (χ1n) is 1.84. The standard InChI is InChI=1S/CH5Br4NSi2/c1-6(7(2)3)8(4)5/h7-8H,1H3. The summed E-state index contributed by atoms with van der Waals surface area (Å²) < 4.78 is 2.28. The lowest BCUT2D eigenvalue weighted by Crippen LogP contribution is -2.32. The Kier molecular flexibility index (Phi) is 6.48. The fourth-order valence-corrected chi connectivity index (χ4v) is 20.7. The topological polar surface area (TPSA) is 3.24 Å². The number of hydrogen-bond donors (Lipinski definition) is 0. The quantitative estimate of drug-likeness (QED) is 0.500. The van der Waals surface area contributed by atoms with Crippen LogP contribution in [0.15, 0.2) is 0 Å². The molecular formula is CH5Br4NSi2. The monoisotopic (exact) mass is 403 g/mol. The van der Waals surface area contributed by atoms with Crippen LogP contribution in [0, 0.1) is 0 Å². The van der Waals surface area contributed by atoms with E-state index in [0.717, 1.165) is 0 Å². The lowest BCUT2D eigenvalue weighted by atomic mass is 11.6. The van der Waals surface area contributed by atoms with E-state index in [1.54, 1.807) is 0 Å². The first-order chi connectivity index (χ1) is 3.55. The minimum Gasteiger partial charge on any atom is -0.319 e. The molecule has 8 heavy (non-hydrogen) atoms. The Morgan fingerprint density at radius 1 is 1.00 bits per heavy atom. The summed E-state index contributed by atoms with van der Waals surface area (Å²) in [4.78, 5) is 0. The number of rotatable bonds is 2. The molecule has 0 aromatic heterocycles. The zero-order valence-corrected chi connectivity index (χ0v) is 12.8. The average Bonchev–Trinajstić information content (AvgIpc) is 1.64. The average molecular weight is 407 g/mol. The van der Waals surface area contributed by atoms with Crippen LogP contribution in [-0.2, 0) is 0 Å². The zero-order chi connectivity index (χ0) is 6.73. The fraction of sp³-hybridized carbons (Fsp3) is 1.00. The second-order valence-electron chi connectivity index (χ2n) is 1.22. The van der Waals surface area contributed by atoms with Crippen LogP contribution >= 0.6 is 61.2 Å². The van der Waals surface area contributed by atoms with Crippen LogP contribution < -0.4 is 0 Å². The largest absolute Gasteiger partial charge is 0.319 e. The van der Waals surface area contributed by atoms with Crippen molar-refractivity contribution < 1.29 is 0 Å². The molecule has 0 aliphatic heterocycles. The van der Waals surface area contributed by atoms with Crippen LogP contribution in [0.2, 0.25) is 0 Å². The first-order valence-corrected chi connectivity index (χ1v) is 15.6. The summed E-state index contributed by atoms with van der Waals surface area (Å²) in [6.45, 7) is 0. The lowest BCUT2D eigenvalue weighted by Gasteiger charge is -2.16. The van der Waals surface area contributed by atoms with Crippen molar-refractivity contribution in [1.82, 2.24) is 4.23 Å². The van der Waals surface area contributed by atoms with Gasteiger partial charge in [-0.25, -0.2) is 0 Å². The molecule has 0 fully saturated rings. The molecule has 0 aliphatic carbocycles. The highest BCUT2D eigenvalue weighted by Crippen LogP contribution is 2.15. The summed E-state index contributed by atoms with van der Waals surface area (Å²) >= 11 is 14.0. The maximum Gasteiger partial charge on any atom is 0.252 e. The van der Waals surface area contributed by atoms with Crippen molar-refractivity contribution in [3.8, 4) is 0 Å². The molecule has 0 saturated carbocycles. The highest BCUT2D eigenvalue weighted by molar-refractivity contribution is 9.51. The molecular weight excluding hydrogens is 402 g/mol. The van der Waals surface area contributed by atoms with Crippen LogP contribution in [0.1, 0.15) is 0 Å². The van der Waals surface area contributed by atoms with Crippen molar-refractivity contribution in [3.05, 3.63) is 0 Å². The third-order valence-electron chi connectivity index (χ3n) is 0.616. The van der Waals surface area contributed by atoms with E-state index in [4.69, 9.17) is 0 Å². The molecule has 0 amide bonds. The van der Waals surface area contributed by atoms with Crippen molar-refractivity contribution in [1.29, 1.82) is 0 Å². The van der Waals surface area contributed by atoms with Gasteiger partial charge in [0.2, 0.25) is 0 Å². The van der Waals surface area contributed by atoms with Crippen LogP contribution in [0.5, 0.6) is 0 Å². The van der Waals surface area contributed by atoms with Gasteiger partial charge in [-0.15, -0.1) is 0 Å². The molecule has 0 heterocycles. The molecule has 7 heteroatoms. The minimum absolute atomic E-state index is 0.896. The molecule has 0 spiro atoms. The Morgan fingerprint density at radius 3 is 1.25 bits per heavy atom. The van der Waals surface area contributed by atoms with Gasteiger partial charge in [-0.3, -0.25) is 0 Å². The molecule has 0 atom stereocenters. The summed E-state index contributed by atoms with van der Waals surface area (Å²) in [5.41, 5.74) is 0. The van der Waals surface area contributed by atoms with Gasteiger partial charge < -0.3 is 4.23 Å². The summed E-state index contributed by atoms with van der Waals surface area (Å²) in [6, 6.07) is 0. The van der Waals surface area contributed by atoms with Gasteiger partial charge in [0, 0.05) is 0 Å². The van der Waals surface area contributed by atoms with Gasteiger partial charge in [-0.2, -0.15) is 0 Å². The maximum absolute atomic E-state index is 3.50. The summed E-state index contributed by atoms with van der Waals surface area (Å²) in [6.07, 6.45) is -1.79. The van der Waals surface area contributed by atoms with Crippen molar-refractivity contribution in [2.24, 2.45) is 0 Å². The number of nitrogens with zero attached hydrogens (tertiary/aromatic N) is 1. The van der Waals surface area contributed by atoms with Gasteiger partial charge in [-0.1, -0.05) is 61.2 Å². The molecule has 50 valence electrons. The SMILES string of the molecule is CN([SiH](Br)Br)[SiH](Br)Br. The van der Waals surface area contributed by atoms with E-state index in [1.165, 1.54) is 0 Å². The molecule has 0 rings (SSSR count). The van der Waals surface area contributed by atoms with Gasteiger partial charge in [0.15, 0.2) is 0 Å². The number of hydrogen-bond acceptors (Lipinski definition) is 1. The van der Waals surface area contributed by atoms with Crippen molar-refractivity contribution in [3.63, 3.8) is 0 Å². The molecule has 0 N–H and O–H groups in total. The van der Waals surface area contributed by atoms with Gasteiger partial charge in [-0.05, 0) is 7.05 Å². The van der Waals surface area contributed by atoms with Gasteiger partial charge in [0.1, 0.15) is 0 Å². The molecule has 0 aliphatic rings. The maximum atomic E-state index is 3.50. The van der Waals surface area contributed by atoms with E-state index in [1.807, 2.05) is 0 Å². The summed E-state index contributed by atoms with van der Waals surface area (Å²) in [5.74, 6) is 0. The highest BCUT2D eigenvalue weighted by Gasteiger charge is 2.15. The predicted octanol–water partition coefficient (Wildman–Crippen LogP) is 1.93. The molecule has 0 saturated heterocycles. The normalized spacial score (nSPS) is 12.0. The van der Waals surface area contributed by atoms with Crippen LogP contribution in [0.3, 0.4) is 0 Å². The van der Waals surface area contributed by atoms with E-state index in [9.17, 15) is 0 Å². The zero-order valence-electron chi connectivity index (χ0n) is 4.11. The van der Waals surface area contributed by atoms with E-state index >= 15 is 0 Å². The highest BCUT2D eigenvalue weighted by atomic mass is 79.9. The van der Waals surface area contributed by atoms with E-state index < -0.39 is 12.4 Å². The smallest absolute Gasteiger partial charge is 0.252 e. The van der Waals surface area contributed by atoms with Crippen molar-refractivity contribution >= 4 is 73.6 Å². The second-order valence-corrected chi connectivity index (χ2v) is 22.3. The van der Waals surface area contributed by atoms with E-state index in [0.29, 0.717) is 0 Å². The number of halogens is 4. The van der Waals surface area contributed by atoms with Crippen LogP contribution in [-0.4, -0.2) is 23.7 Å². The second kappa shape index (κ2) is 5.03. The Labute approximate surface area is 83.9 Å². The lowest BCUT2D eigenvalue weighted by molar-refractivity contribution is 0.875. The van der Waals surface area contributed by atoms with Gasteiger partial charge in [0.05, 0.1) is 0 Å². The molecule has 0 radical (unpaired) electrons. The predicted molar refractivity (Wildman–Crippen MR) is 57.8 cm³/mol. The van der Waals surface area contributed by atoms with Gasteiger partial charge >= 0.3 is 0 Å². The van der Waals surface area contributed by atoms with Gasteiger partial charge in [0.25, 0.3) is 12.4 Å². The molecule has 1 nitrogen and oxygen atoms in total. The summed E-state index contributed by atoms with van der Waals surface area (Å²) in [5, 5.41) is 0. The Bertz CT molecular complexity index is 59.1. The Hall–Kier alpha value is 2.31.